The summed E-state index contributed by atoms with van der Waals surface area (Å²) >= 11 is 3.45. The average molecular weight is 425 g/mol. The summed E-state index contributed by atoms with van der Waals surface area (Å²) < 4.78 is 0.822. The van der Waals surface area contributed by atoms with E-state index in [1.165, 1.54) is 5.69 Å². The van der Waals surface area contributed by atoms with Gasteiger partial charge in [-0.15, -0.1) is 0 Å². The lowest BCUT2D eigenvalue weighted by atomic mass is 10.0. The highest BCUT2D eigenvalue weighted by Gasteiger charge is 2.23. The van der Waals surface area contributed by atoms with Crippen LogP contribution in [0.5, 0.6) is 0 Å². The minimum absolute atomic E-state index is 0.0224. The van der Waals surface area contributed by atoms with Crippen LogP contribution in [0, 0.1) is 0 Å². The number of nitrogen functional groups attached to an aromatic ring is 1. The van der Waals surface area contributed by atoms with E-state index in [2.05, 4.69) is 37.2 Å². The summed E-state index contributed by atoms with van der Waals surface area (Å²) in [6.45, 7) is 1.79. The predicted molar refractivity (Wildman–Crippen MR) is 113 cm³/mol. The van der Waals surface area contributed by atoms with Gasteiger partial charge >= 0.3 is 0 Å². The van der Waals surface area contributed by atoms with E-state index in [0.29, 0.717) is 5.56 Å². The molecule has 0 unspecified atom stereocenters. The number of carbonyl (C=O) groups is 1. The van der Waals surface area contributed by atoms with Crippen LogP contribution in [-0.4, -0.2) is 30.0 Å². The van der Waals surface area contributed by atoms with Crippen LogP contribution < -0.4 is 16.0 Å². The van der Waals surface area contributed by atoms with Crippen molar-refractivity contribution >= 4 is 44.1 Å². The molecule has 0 spiro atoms. The monoisotopic (exact) mass is 424 g/mol. The van der Waals surface area contributed by atoms with Gasteiger partial charge in [0.1, 0.15) is 0 Å². The SMILES string of the molecule is Nc1ccc2c(N3CCC(NC(=O)c4ccccc4Br)CC3)ccnc2c1. The Morgan fingerprint density at radius 2 is 1.93 bits per heavy atom. The van der Waals surface area contributed by atoms with Gasteiger partial charge in [-0.25, -0.2) is 0 Å². The lowest BCUT2D eigenvalue weighted by Gasteiger charge is -2.34. The highest BCUT2D eigenvalue weighted by molar-refractivity contribution is 9.10. The Hall–Kier alpha value is -2.60. The number of hydrogen-bond acceptors (Lipinski definition) is 4. The number of aromatic nitrogens is 1. The van der Waals surface area contributed by atoms with E-state index in [4.69, 9.17) is 5.73 Å². The fourth-order valence-electron chi connectivity index (χ4n) is 3.60. The molecule has 0 radical (unpaired) electrons. The Morgan fingerprint density at radius 3 is 2.70 bits per heavy atom. The van der Waals surface area contributed by atoms with Crippen LogP contribution in [0.1, 0.15) is 23.2 Å². The number of piperidine rings is 1. The van der Waals surface area contributed by atoms with Gasteiger partial charge in [-0.05, 0) is 65.2 Å². The molecule has 138 valence electrons. The second-order valence-corrected chi connectivity index (χ2v) is 7.68. The molecular formula is C21H21BrN4O. The van der Waals surface area contributed by atoms with E-state index < -0.39 is 0 Å². The molecule has 1 aromatic heterocycles. The van der Waals surface area contributed by atoms with Gasteiger partial charge in [-0.1, -0.05) is 12.1 Å². The van der Waals surface area contributed by atoms with Crippen LogP contribution in [0.15, 0.2) is 59.2 Å². The summed E-state index contributed by atoms with van der Waals surface area (Å²) in [5, 5.41) is 4.28. The summed E-state index contributed by atoms with van der Waals surface area (Å²) in [5.41, 5.74) is 9.37. The lowest BCUT2D eigenvalue weighted by Crippen LogP contribution is -2.44. The number of benzene rings is 2. The van der Waals surface area contributed by atoms with Gasteiger partial charge in [-0.2, -0.15) is 0 Å². The van der Waals surface area contributed by atoms with Gasteiger partial charge in [-0.3, -0.25) is 9.78 Å². The van der Waals surface area contributed by atoms with Crippen molar-refractivity contribution in [1.82, 2.24) is 10.3 Å². The maximum absolute atomic E-state index is 12.5. The fourth-order valence-corrected chi connectivity index (χ4v) is 4.06. The number of pyridine rings is 1. The highest BCUT2D eigenvalue weighted by Crippen LogP contribution is 2.29. The molecule has 1 amide bonds. The van der Waals surface area contributed by atoms with Gasteiger partial charge in [0.25, 0.3) is 5.91 Å². The third-order valence-electron chi connectivity index (χ3n) is 5.03. The number of hydrogen-bond donors (Lipinski definition) is 2. The molecule has 0 atom stereocenters. The summed E-state index contributed by atoms with van der Waals surface area (Å²) in [6.07, 6.45) is 3.65. The average Bonchev–Trinajstić information content (AvgIpc) is 2.68. The van der Waals surface area contributed by atoms with Crippen LogP contribution in [0.25, 0.3) is 10.9 Å². The number of anilines is 2. The smallest absolute Gasteiger partial charge is 0.252 e. The molecular weight excluding hydrogens is 404 g/mol. The first-order chi connectivity index (χ1) is 13.1. The molecule has 0 saturated carbocycles. The minimum atomic E-state index is -0.0224. The normalized spacial score (nSPS) is 15.1. The van der Waals surface area contributed by atoms with E-state index in [1.54, 1.807) is 0 Å². The summed E-state index contributed by atoms with van der Waals surface area (Å²) in [5.74, 6) is -0.0224. The van der Waals surface area contributed by atoms with Crippen molar-refractivity contribution in [1.29, 1.82) is 0 Å². The Labute approximate surface area is 166 Å². The molecule has 6 heteroatoms. The van der Waals surface area contributed by atoms with Crippen molar-refractivity contribution in [3.8, 4) is 0 Å². The number of nitrogens with two attached hydrogens (primary N) is 1. The van der Waals surface area contributed by atoms with Gasteiger partial charge in [0.15, 0.2) is 0 Å². The standard InChI is InChI=1S/C21H21BrN4O/c22-18-4-2-1-3-16(18)21(27)25-15-8-11-26(12-9-15)20-7-10-24-19-13-14(23)5-6-17(19)20/h1-7,10,13,15H,8-9,11-12,23H2,(H,25,27). The van der Waals surface area contributed by atoms with Crippen LogP contribution in [-0.2, 0) is 0 Å². The van der Waals surface area contributed by atoms with Crippen molar-refractivity contribution in [2.45, 2.75) is 18.9 Å². The molecule has 1 fully saturated rings. The molecule has 3 N–H and O–H groups in total. The molecule has 1 aliphatic heterocycles. The van der Waals surface area contributed by atoms with E-state index in [0.717, 1.165) is 47.0 Å². The molecule has 1 saturated heterocycles. The number of rotatable bonds is 3. The molecule has 1 aliphatic rings. The largest absolute Gasteiger partial charge is 0.399 e. The number of nitrogens with zero attached hydrogens (tertiary/aromatic N) is 2. The number of amides is 1. The van der Waals surface area contributed by atoms with E-state index >= 15 is 0 Å². The minimum Gasteiger partial charge on any atom is -0.399 e. The van der Waals surface area contributed by atoms with E-state index in [-0.39, 0.29) is 11.9 Å². The first-order valence-corrected chi connectivity index (χ1v) is 9.86. The van der Waals surface area contributed by atoms with Crippen LogP contribution in [0.4, 0.5) is 11.4 Å². The van der Waals surface area contributed by atoms with Crippen LogP contribution >= 0.6 is 15.9 Å². The predicted octanol–water partition coefficient (Wildman–Crippen LogP) is 3.98. The maximum Gasteiger partial charge on any atom is 0.252 e. The number of halogens is 1. The number of carbonyl (C=O) groups excluding carboxylic acids is 1. The quantitative estimate of drug-likeness (QED) is 0.623. The third kappa shape index (κ3) is 3.76. The maximum atomic E-state index is 12.5. The van der Waals surface area contributed by atoms with Crippen LogP contribution in [0.3, 0.4) is 0 Å². The van der Waals surface area contributed by atoms with Crippen molar-refractivity contribution < 1.29 is 4.79 Å². The fraction of sp³-hybridized carbons (Fsp3) is 0.238. The zero-order valence-electron chi connectivity index (χ0n) is 14.9. The molecule has 5 nitrogen and oxygen atoms in total. The van der Waals surface area contributed by atoms with Crippen molar-refractivity contribution in [2.75, 3.05) is 23.7 Å². The molecule has 3 aromatic rings. The Balaban J connectivity index is 1.44. The summed E-state index contributed by atoms with van der Waals surface area (Å²) in [7, 11) is 0. The highest BCUT2D eigenvalue weighted by atomic mass is 79.9. The molecule has 2 aromatic carbocycles. The second-order valence-electron chi connectivity index (χ2n) is 6.82. The molecule has 2 heterocycles. The number of fused-ring (bicyclic) bond motifs is 1. The van der Waals surface area contributed by atoms with Gasteiger partial charge in [0.2, 0.25) is 0 Å². The zero-order valence-corrected chi connectivity index (χ0v) is 16.4. The van der Waals surface area contributed by atoms with E-state index in [1.807, 2.05) is 48.7 Å². The van der Waals surface area contributed by atoms with Crippen molar-refractivity contribution in [3.05, 3.63) is 64.8 Å². The van der Waals surface area contributed by atoms with E-state index in [9.17, 15) is 4.79 Å². The topological polar surface area (TPSA) is 71.2 Å². The lowest BCUT2D eigenvalue weighted by molar-refractivity contribution is 0.0930. The van der Waals surface area contributed by atoms with Gasteiger partial charge in [0.05, 0.1) is 11.1 Å². The Kier molecular flexibility index (Phi) is 4.99. The number of nitrogens with one attached hydrogen (secondary N) is 1. The van der Waals surface area contributed by atoms with Gasteiger partial charge in [0, 0.05) is 46.6 Å². The molecule has 0 aliphatic carbocycles. The van der Waals surface area contributed by atoms with Crippen molar-refractivity contribution in [3.63, 3.8) is 0 Å². The third-order valence-corrected chi connectivity index (χ3v) is 5.72. The van der Waals surface area contributed by atoms with Crippen LogP contribution in [0.2, 0.25) is 0 Å². The Bertz CT molecular complexity index is 983. The molecule has 27 heavy (non-hydrogen) atoms. The summed E-state index contributed by atoms with van der Waals surface area (Å²) in [4.78, 5) is 19.3. The first-order valence-electron chi connectivity index (χ1n) is 9.06. The zero-order chi connectivity index (χ0) is 18.8. The Morgan fingerprint density at radius 1 is 1.15 bits per heavy atom. The summed E-state index contributed by atoms with van der Waals surface area (Å²) in [6, 6.07) is 15.6. The molecule has 4 rings (SSSR count). The second kappa shape index (κ2) is 7.56. The molecule has 0 bridgehead atoms. The van der Waals surface area contributed by atoms with Gasteiger partial charge < -0.3 is 16.0 Å². The van der Waals surface area contributed by atoms with Crippen molar-refractivity contribution in [2.24, 2.45) is 0 Å². The first kappa shape index (κ1) is 17.8.